The highest BCUT2D eigenvalue weighted by atomic mass is 15.2. The molecule has 0 amide bonds. The van der Waals surface area contributed by atoms with Crippen LogP contribution in [0.1, 0.15) is 5.69 Å². The lowest BCUT2D eigenvalue weighted by molar-refractivity contribution is 1.08. The minimum absolute atomic E-state index is 0.300. The fourth-order valence-electron chi connectivity index (χ4n) is 2.87. The predicted octanol–water partition coefficient (Wildman–Crippen LogP) is 2.65. The molecule has 5 aromatic heterocycles. The van der Waals surface area contributed by atoms with Gasteiger partial charge in [0.15, 0.2) is 23.3 Å². The lowest BCUT2D eigenvalue weighted by Crippen LogP contribution is -1.89. The van der Waals surface area contributed by atoms with Crippen LogP contribution in [-0.2, 0) is 0 Å². The second-order valence-corrected chi connectivity index (χ2v) is 6.22. The van der Waals surface area contributed by atoms with E-state index in [1.807, 2.05) is 30.3 Å². The standard InChI is InChI=1S/C20H12N10/c21-11-15-9-13(3-7-23-15)18-26-20(30-29-18)16-10-14(4-8-24-16)19-25-17(27-28-19)12-1-5-22-6-2-12/h1-10H,(H,25,27,28)(H,26,29,30). The Morgan fingerprint density at radius 1 is 0.700 bits per heavy atom. The van der Waals surface area contributed by atoms with Crippen molar-refractivity contribution in [2.45, 2.75) is 0 Å². The zero-order valence-electron chi connectivity index (χ0n) is 15.4. The number of nitrogens with one attached hydrogen (secondary N) is 2. The largest absolute Gasteiger partial charge is 0.265 e. The lowest BCUT2D eigenvalue weighted by atomic mass is 10.2. The van der Waals surface area contributed by atoms with Gasteiger partial charge < -0.3 is 0 Å². The van der Waals surface area contributed by atoms with Crippen molar-refractivity contribution in [3.63, 3.8) is 0 Å². The number of H-pyrrole nitrogens is 2. The van der Waals surface area contributed by atoms with Gasteiger partial charge in [0.2, 0.25) is 0 Å². The molecule has 0 radical (unpaired) electrons. The van der Waals surface area contributed by atoms with Crippen molar-refractivity contribution >= 4 is 0 Å². The molecule has 142 valence electrons. The van der Waals surface area contributed by atoms with Crippen LogP contribution >= 0.6 is 0 Å². The fourth-order valence-corrected chi connectivity index (χ4v) is 2.87. The molecule has 0 bridgehead atoms. The van der Waals surface area contributed by atoms with Crippen LogP contribution in [0.25, 0.3) is 45.7 Å². The minimum atomic E-state index is 0.300. The van der Waals surface area contributed by atoms with E-state index in [2.05, 4.69) is 45.3 Å². The summed E-state index contributed by atoms with van der Waals surface area (Å²) in [5.41, 5.74) is 3.26. The van der Waals surface area contributed by atoms with Gasteiger partial charge in [0.05, 0.1) is 0 Å². The van der Waals surface area contributed by atoms with E-state index in [1.165, 1.54) is 0 Å². The van der Waals surface area contributed by atoms with Crippen LogP contribution in [0.2, 0.25) is 0 Å². The SMILES string of the molecule is N#Cc1cc(-c2n[nH]c(-c3cc(-c4n[nH]c(-c5ccncc5)n4)ccn3)n2)ccn1. The molecule has 2 N–H and O–H groups in total. The molecule has 5 heterocycles. The van der Waals surface area contributed by atoms with E-state index >= 15 is 0 Å². The van der Waals surface area contributed by atoms with Gasteiger partial charge in [-0.15, -0.1) is 0 Å². The summed E-state index contributed by atoms with van der Waals surface area (Å²) in [6, 6.07) is 12.7. The zero-order valence-corrected chi connectivity index (χ0v) is 15.4. The number of pyridine rings is 3. The van der Waals surface area contributed by atoms with Crippen molar-refractivity contribution in [2.75, 3.05) is 0 Å². The zero-order chi connectivity index (χ0) is 20.3. The first-order valence-corrected chi connectivity index (χ1v) is 8.89. The van der Waals surface area contributed by atoms with E-state index in [0.717, 1.165) is 11.1 Å². The van der Waals surface area contributed by atoms with Gasteiger partial charge in [0, 0.05) is 41.5 Å². The summed E-state index contributed by atoms with van der Waals surface area (Å²) in [4.78, 5) is 21.4. The Hall–Kier alpha value is -4.78. The van der Waals surface area contributed by atoms with E-state index in [0.29, 0.717) is 40.2 Å². The molecule has 0 aliphatic carbocycles. The number of nitrogens with zero attached hydrogens (tertiary/aromatic N) is 8. The molecule has 0 atom stereocenters. The highest BCUT2D eigenvalue weighted by Crippen LogP contribution is 2.24. The van der Waals surface area contributed by atoms with E-state index < -0.39 is 0 Å². The Labute approximate surface area is 169 Å². The average Bonchev–Trinajstić information content (AvgIpc) is 3.50. The van der Waals surface area contributed by atoms with E-state index in [4.69, 9.17) is 5.26 Å². The van der Waals surface area contributed by atoms with Crippen molar-refractivity contribution < 1.29 is 0 Å². The molecule has 5 rings (SSSR count). The fraction of sp³-hybridized carbons (Fsp3) is 0. The second-order valence-electron chi connectivity index (χ2n) is 6.22. The molecule has 0 aromatic carbocycles. The normalized spacial score (nSPS) is 10.6. The Bertz CT molecular complexity index is 1360. The number of hydrogen-bond acceptors (Lipinski definition) is 8. The van der Waals surface area contributed by atoms with Crippen LogP contribution in [0, 0.1) is 11.3 Å². The van der Waals surface area contributed by atoms with Gasteiger partial charge in [-0.2, -0.15) is 15.5 Å². The molecule has 0 saturated carbocycles. The van der Waals surface area contributed by atoms with Crippen LogP contribution in [0.3, 0.4) is 0 Å². The molecule has 5 aromatic rings. The van der Waals surface area contributed by atoms with Crippen LogP contribution in [0.5, 0.6) is 0 Å². The molecule has 10 nitrogen and oxygen atoms in total. The van der Waals surface area contributed by atoms with Crippen molar-refractivity contribution in [1.82, 2.24) is 45.3 Å². The maximum absolute atomic E-state index is 9.02. The molecule has 30 heavy (non-hydrogen) atoms. The molecular formula is C20H12N10. The quantitative estimate of drug-likeness (QED) is 0.474. The van der Waals surface area contributed by atoms with Crippen LogP contribution in [-0.4, -0.2) is 45.3 Å². The monoisotopic (exact) mass is 392 g/mol. The first-order valence-electron chi connectivity index (χ1n) is 8.89. The van der Waals surface area contributed by atoms with Crippen molar-refractivity contribution in [1.29, 1.82) is 5.26 Å². The maximum atomic E-state index is 9.02. The molecule has 0 aliphatic rings. The van der Waals surface area contributed by atoms with Gasteiger partial charge in [0.25, 0.3) is 0 Å². The van der Waals surface area contributed by atoms with Gasteiger partial charge >= 0.3 is 0 Å². The van der Waals surface area contributed by atoms with Crippen LogP contribution in [0.15, 0.2) is 61.2 Å². The number of nitriles is 1. The Balaban J connectivity index is 1.46. The second kappa shape index (κ2) is 7.33. The van der Waals surface area contributed by atoms with Gasteiger partial charge in [0.1, 0.15) is 17.5 Å². The van der Waals surface area contributed by atoms with Crippen LogP contribution in [0.4, 0.5) is 0 Å². The molecule has 10 heteroatoms. The van der Waals surface area contributed by atoms with Crippen molar-refractivity contribution in [3.05, 3.63) is 66.9 Å². The number of rotatable bonds is 4. The predicted molar refractivity (Wildman–Crippen MR) is 106 cm³/mol. The van der Waals surface area contributed by atoms with Gasteiger partial charge in [-0.25, -0.2) is 15.0 Å². The van der Waals surface area contributed by atoms with E-state index in [9.17, 15) is 0 Å². The third kappa shape index (κ3) is 3.27. The third-order valence-electron chi connectivity index (χ3n) is 4.32. The summed E-state index contributed by atoms with van der Waals surface area (Å²) in [6.45, 7) is 0. The number of hydrogen-bond donors (Lipinski definition) is 2. The number of aromatic amines is 2. The summed E-state index contributed by atoms with van der Waals surface area (Å²) in [5.74, 6) is 2.14. The summed E-state index contributed by atoms with van der Waals surface area (Å²) >= 11 is 0. The van der Waals surface area contributed by atoms with Gasteiger partial charge in [-0.3, -0.25) is 20.2 Å². The minimum Gasteiger partial charge on any atom is -0.265 e. The molecule has 0 fully saturated rings. The Morgan fingerprint density at radius 3 is 2.10 bits per heavy atom. The van der Waals surface area contributed by atoms with Crippen molar-refractivity contribution in [3.8, 4) is 51.8 Å². The first kappa shape index (κ1) is 17.3. The summed E-state index contributed by atoms with van der Waals surface area (Å²) in [5, 5.41) is 23.4. The highest BCUT2D eigenvalue weighted by Gasteiger charge is 2.13. The highest BCUT2D eigenvalue weighted by molar-refractivity contribution is 5.66. The molecule has 0 spiro atoms. The first-order chi connectivity index (χ1) is 14.8. The van der Waals surface area contributed by atoms with Gasteiger partial charge in [-0.05, 0) is 36.4 Å². The summed E-state index contributed by atoms with van der Waals surface area (Å²) in [6.07, 6.45) is 6.61. The maximum Gasteiger partial charge on any atom is 0.181 e. The molecular weight excluding hydrogens is 380 g/mol. The van der Waals surface area contributed by atoms with Gasteiger partial charge in [-0.1, -0.05) is 0 Å². The Morgan fingerprint density at radius 2 is 1.33 bits per heavy atom. The Kier molecular flexibility index (Phi) is 4.23. The van der Waals surface area contributed by atoms with E-state index in [-0.39, 0.29) is 0 Å². The van der Waals surface area contributed by atoms with Crippen molar-refractivity contribution in [2.24, 2.45) is 0 Å². The van der Waals surface area contributed by atoms with E-state index in [1.54, 1.807) is 36.9 Å². The molecule has 0 aliphatic heterocycles. The lowest BCUT2D eigenvalue weighted by Gasteiger charge is -1.98. The summed E-state index contributed by atoms with van der Waals surface area (Å²) in [7, 11) is 0. The smallest absolute Gasteiger partial charge is 0.181 e. The molecule has 0 unspecified atom stereocenters. The molecule has 0 saturated heterocycles. The number of aromatic nitrogens is 9. The third-order valence-corrected chi connectivity index (χ3v) is 4.32. The topological polar surface area (TPSA) is 146 Å². The average molecular weight is 392 g/mol. The summed E-state index contributed by atoms with van der Waals surface area (Å²) < 4.78 is 0. The van der Waals surface area contributed by atoms with Crippen LogP contribution < -0.4 is 0 Å².